The Morgan fingerprint density at radius 2 is 1.56 bits per heavy atom. The molecule has 0 aliphatic heterocycles. The number of benzene rings is 1. The number of esters is 1. The van der Waals surface area contributed by atoms with Gasteiger partial charge in [-0.05, 0) is 31.4 Å². The zero-order valence-electron chi connectivity index (χ0n) is 22.0. The number of carbonyl (C=O) groups is 5. The van der Waals surface area contributed by atoms with E-state index in [1.54, 1.807) is 30.3 Å². The molecule has 39 heavy (non-hydrogen) atoms. The zero-order valence-corrected chi connectivity index (χ0v) is 22.8. The molecule has 0 unspecified atom stereocenters. The molecular formula is C25H39N5O8S. The number of thioether (sulfide) groups is 1. The molecule has 13 nitrogen and oxygen atoms in total. The van der Waals surface area contributed by atoms with Crippen molar-refractivity contribution in [1.29, 1.82) is 0 Å². The van der Waals surface area contributed by atoms with Gasteiger partial charge in [0, 0.05) is 17.9 Å². The predicted octanol–water partition coefficient (Wildman–Crippen LogP) is -1.49. The summed E-state index contributed by atoms with van der Waals surface area (Å²) in [6.45, 7) is -0.249. The van der Waals surface area contributed by atoms with Gasteiger partial charge in [0.1, 0.15) is 24.2 Å². The largest absolute Gasteiger partial charge is 0.480 e. The number of nitrogens with one attached hydrogen (secondary N) is 3. The Labute approximate surface area is 231 Å². The number of aliphatic hydroxyl groups excluding tert-OH is 1. The van der Waals surface area contributed by atoms with Gasteiger partial charge in [-0.15, -0.1) is 0 Å². The minimum absolute atomic E-state index is 0.0197. The van der Waals surface area contributed by atoms with Crippen LogP contribution in [0.2, 0.25) is 0 Å². The lowest BCUT2D eigenvalue weighted by Crippen LogP contribution is -2.58. The molecule has 14 heteroatoms. The predicted molar refractivity (Wildman–Crippen MR) is 145 cm³/mol. The van der Waals surface area contributed by atoms with Crippen molar-refractivity contribution in [1.82, 2.24) is 16.0 Å². The highest BCUT2D eigenvalue weighted by atomic mass is 32.2. The van der Waals surface area contributed by atoms with Crippen LogP contribution in [0.15, 0.2) is 30.3 Å². The van der Waals surface area contributed by atoms with Crippen LogP contribution in [-0.2, 0) is 35.1 Å². The summed E-state index contributed by atoms with van der Waals surface area (Å²) in [5.74, 6) is -3.55. The Morgan fingerprint density at radius 3 is 2.15 bits per heavy atom. The summed E-state index contributed by atoms with van der Waals surface area (Å²) in [5.41, 5.74) is 11.8. The number of nitrogens with two attached hydrogens (primary N) is 2. The summed E-state index contributed by atoms with van der Waals surface area (Å²) in [6, 6.07) is 3.99. The van der Waals surface area contributed by atoms with E-state index in [0.29, 0.717) is 30.7 Å². The molecule has 0 aliphatic carbocycles. The minimum atomic E-state index is -1.26. The van der Waals surface area contributed by atoms with Gasteiger partial charge in [-0.1, -0.05) is 30.3 Å². The van der Waals surface area contributed by atoms with E-state index in [2.05, 4.69) is 20.7 Å². The molecule has 0 spiro atoms. The number of hydrogen-bond acceptors (Lipinski definition) is 10. The van der Waals surface area contributed by atoms with Gasteiger partial charge in [0.05, 0.1) is 20.1 Å². The lowest BCUT2D eigenvalue weighted by Gasteiger charge is -2.25. The smallest absolute Gasteiger partial charge is 0.326 e. The van der Waals surface area contributed by atoms with Gasteiger partial charge in [-0.25, -0.2) is 4.79 Å². The highest BCUT2D eigenvalue weighted by molar-refractivity contribution is 7.99. The first-order valence-corrected chi connectivity index (χ1v) is 13.7. The first-order valence-electron chi connectivity index (χ1n) is 12.5. The van der Waals surface area contributed by atoms with Crippen LogP contribution < -0.4 is 27.4 Å². The number of aliphatic carboxylic acids is 1. The van der Waals surface area contributed by atoms with Crippen molar-refractivity contribution < 1.29 is 38.9 Å². The molecule has 0 saturated heterocycles. The third-order valence-corrected chi connectivity index (χ3v) is 6.67. The van der Waals surface area contributed by atoms with Crippen molar-refractivity contribution in [2.24, 2.45) is 11.5 Å². The number of methoxy groups -OCH3 is 1. The number of carboxylic acids is 1. The maximum absolute atomic E-state index is 13.2. The number of carboxylic acid groups (broad SMARTS) is 1. The second-order valence-corrected chi connectivity index (χ2v) is 9.84. The number of rotatable bonds is 19. The van der Waals surface area contributed by atoms with Gasteiger partial charge >= 0.3 is 11.9 Å². The number of hydrogen-bond donors (Lipinski definition) is 7. The second kappa shape index (κ2) is 19.0. The Morgan fingerprint density at radius 1 is 0.949 bits per heavy atom. The molecule has 4 atom stereocenters. The zero-order chi connectivity index (χ0) is 29.2. The third kappa shape index (κ3) is 13.4. The monoisotopic (exact) mass is 569 g/mol. The van der Waals surface area contributed by atoms with Crippen LogP contribution in [0.5, 0.6) is 0 Å². The van der Waals surface area contributed by atoms with E-state index in [1.165, 1.54) is 18.9 Å². The number of amides is 3. The summed E-state index contributed by atoms with van der Waals surface area (Å²) in [5, 5.41) is 26.4. The molecule has 218 valence electrons. The standard InChI is InChI=1S/C25H39N5O8S/c1-38-21(32)10-12-39-15-20(24(35)29-19(25(36)37)13-16-7-3-2-4-8-16)30-23(34)18(9-5-6-11-26)28-22(33)17(27)14-31/h2-4,7-8,17-20,31H,5-6,9-15,26-27H2,1H3,(H,28,33)(H,29,35)(H,30,34)(H,36,37)/t17-,18-,19-,20-/m0/s1. The Hall–Kier alpha value is -3.20. The third-order valence-electron chi connectivity index (χ3n) is 5.61. The van der Waals surface area contributed by atoms with Gasteiger partial charge in [0.2, 0.25) is 17.7 Å². The van der Waals surface area contributed by atoms with Crippen LogP contribution in [0.1, 0.15) is 31.2 Å². The maximum atomic E-state index is 13.2. The molecule has 3 amide bonds. The maximum Gasteiger partial charge on any atom is 0.326 e. The fourth-order valence-electron chi connectivity index (χ4n) is 3.36. The van der Waals surface area contributed by atoms with Crippen molar-refractivity contribution in [3.05, 3.63) is 35.9 Å². The number of ether oxygens (including phenoxy) is 1. The average molecular weight is 570 g/mol. The fourth-order valence-corrected chi connectivity index (χ4v) is 4.31. The number of carbonyl (C=O) groups excluding carboxylic acids is 4. The Kier molecular flexibility index (Phi) is 16.4. The van der Waals surface area contributed by atoms with E-state index in [0.717, 1.165) is 0 Å². The van der Waals surface area contributed by atoms with Crippen LogP contribution >= 0.6 is 11.8 Å². The van der Waals surface area contributed by atoms with Crippen LogP contribution in [0.25, 0.3) is 0 Å². The lowest BCUT2D eigenvalue weighted by molar-refractivity contribution is -0.142. The van der Waals surface area contributed by atoms with E-state index in [9.17, 15) is 29.1 Å². The fraction of sp³-hybridized carbons (Fsp3) is 0.560. The Balaban J connectivity index is 3.04. The van der Waals surface area contributed by atoms with Crippen LogP contribution in [0, 0.1) is 0 Å². The van der Waals surface area contributed by atoms with Gasteiger partial charge in [-0.2, -0.15) is 11.8 Å². The molecule has 1 aromatic rings. The summed E-state index contributed by atoms with van der Waals surface area (Å²) < 4.78 is 4.60. The molecule has 0 bridgehead atoms. The summed E-state index contributed by atoms with van der Waals surface area (Å²) >= 11 is 1.19. The molecule has 0 radical (unpaired) electrons. The van der Waals surface area contributed by atoms with Crippen LogP contribution in [-0.4, -0.2) is 95.8 Å². The van der Waals surface area contributed by atoms with Crippen molar-refractivity contribution in [3.8, 4) is 0 Å². The van der Waals surface area contributed by atoms with Gasteiger partial charge < -0.3 is 42.4 Å². The molecule has 9 N–H and O–H groups in total. The second-order valence-electron chi connectivity index (χ2n) is 8.69. The molecule has 1 aromatic carbocycles. The molecule has 0 aromatic heterocycles. The summed E-state index contributed by atoms with van der Waals surface area (Å²) in [6.07, 6.45) is 1.37. The van der Waals surface area contributed by atoms with Crippen molar-refractivity contribution in [3.63, 3.8) is 0 Å². The quantitative estimate of drug-likeness (QED) is 0.0751. The van der Waals surface area contributed by atoms with Gasteiger partial charge in [-0.3, -0.25) is 19.2 Å². The summed E-state index contributed by atoms with van der Waals surface area (Å²) in [4.78, 5) is 61.9. The Bertz CT molecular complexity index is 936. The average Bonchev–Trinajstić information content (AvgIpc) is 2.93. The molecule has 0 heterocycles. The highest BCUT2D eigenvalue weighted by Crippen LogP contribution is 2.10. The van der Waals surface area contributed by atoms with Crippen molar-refractivity contribution in [2.45, 2.75) is 56.3 Å². The van der Waals surface area contributed by atoms with E-state index in [1.807, 2.05) is 0 Å². The molecule has 0 fully saturated rings. The molecule has 1 rings (SSSR count). The minimum Gasteiger partial charge on any atom is -0.480 e. The number of aliphatic hydroxyl groups is 1. The van der Waals surface area contributed by atoms with E-state index in [4.69, 9.17) is 16.6 Å². The van der Waals surface area contributed by atoms with Gasteiger partial charge in [0.25, 0.3) is 0 Å². The molecule has 0 aliphatic rings. The van der Waals surface area contributed by atoms with Crippen molar-refractivity contribution in [2.75, 3.05) is 31.8 Å². The SMILES string of the molecule is COC(=O)CCSC[C@H](NC(=O)[C@H](CCCCN)NC(=O)[C@@H](N)CO)C(=O)N[C@@H](Cc1ccccc1)C(=O)O. The first-order chi connectivity index (χ1) is 18.6. The van der Waals surface area contributed by atoms with E-state index in [-0.39, 0.29) is 25.0 Å². The van der Waals surface area contributed by atoms with E-state index >= 15 is 0 Å². The first kappa shape index (κ1) is 33.8. The molecular weight excluding hydrogens is 530 g/mol. The highest BCUT2D eigenvalue weighted by Gasteiger charge is 2.30. The number of unbranched alkanes of at least 4 members (excludes halogenated alkanes) is 1. The van der Waals surface area contributed by atoms with Crippen LogP contribution in [0.4, 0.5) is 0 Å². The normalized spacial score (nSPS) is 13.8. The summed E-state index contributed by atoms with van der Waals surface area (Å²) in [7, 11) is 1.25. The lowest BCUT2D eigenvalue weighted by atomic mass is 10.1. The van der Waals surface area contributed by atoms with Crippen molar-refractivity contribution >= 4 is 41.4 Å². The molecule has 0 saturated carbocycles. The topological polar surface area (TPSA) is 223 Å². The van der Waals surface area contributed by atoms with E-state index < -0.39 is 60.4 Å². The van der Waals surface area contributed by atoms with Crippen LogP contribution in [0.3, 0.4) is 0 Å². The van der Waals surface area contributed by atoms with Gasteiger partial charge in [0.15, 0.2) is 0 Å².